The molecule has 0 saturated heterocycles. The fourth-order valence-corrected chi connectivity index (χ4v) is 4.12. The highest BCUT2D eigenvalue weighted by Gasteiger charge is 2.24. The first-order chi connectivity index (χ1) is 20.5. The third kappa shape index (κ3) is 9.41. The lowest BCUT2D eigenvalue weighted by atomic mass is 10.1. The first-order valence-corrected chi connectivity index (χ1v) is 13.8. The van der Waals surface area contributed by atoms with Crippen LogP contribution in [0.25, 0.3) is 17.1 Å². The van der Waals surface area contributed by atoms with Crippen LogP contribution in [-0.4, -0.2) is 38.3 Å². The molecule has 11 heteroatoms. The van der Waals surface area contributed by atoms with Gasteiger partial charge in [0.15, 0.2) is 36.3 Å². The zero-order valence-corrected chi connectivity index (χ0v) is 23.2. The van der Waals surface area contributed by atoms with Crippen LogP contribution in [-0.2, 0) is 30.3 Å². The minimum absolute atomic E-state index is 0.0223. The van der Waals surface area contributed by atoms with Crippen LogP contribution in [0.3, 0.4) is 0 Å². The molecule has 0 spiro atoms. The van der Waals surface area contributed by atoms with Gasteiger partial charge in [0.1, 0.15) is 0 Å². The van der Waals surface area contributed by atoms with E-state index in [1.165, 1.54) is 0 Å². The Morgan fingerprint density at radius 1 is 0.762 bits per heavy atom. The molecule has 0 saturated carbocycles. The number of nitrogens with one attached hydrogen (secondary N) is 2. The lowest BCUT2D eigenvalue weighted by Crippen LogP contribution is -2.25. The average Bonchev–Trinajstić information content (AvgIpc) is 3.58. The summed E-state index contributed by atoms with van der Waals surface area (Å²) in [7, 11) is 0. The highest BCUT2D eigenvalue weighted by molar-refractivity contribution is 5.70. The summed E-state index contributed by atoms with van der Waals surface area (Å²) < 4.78 is 31.6. The number of carbonyl (C=O) groups excluding carboxylic acids is 2. The molecule has 2 aromatic carbocycles. The number of esters is 1. The second kappa shape index (κ2) is 15.9. The molecule has 0 atom stereocenters. The highest BCUT2D eigenvalue weighted by Crippen LogP contribution is 2.31. The van der Waals surface area contributed by atoms with Crippen LogP contribution in [0, 0.1) is 0 Å². The van der Waals surface area contributed by atoms with Gasteiger partial charge in [-0.1, -0.05) is 67.1 Å². The molecule has 222 valence electrons. The van der Waals surface area contributed by atoms with Crippen LogP contribution in [0.1, 0.15) is 43.4 Å². The van der Waals surface area contributed by atoms with E-state index in [4.69, 9.17) is 27.8 Å². The van der Waals surface area contributed by atoms with Gasteiger partial charge in [-0.2, -0.15) is 0 Å². The normalized spacial score (nSPS) is 12.5. The average molecular weight is 579 g/mol. The number of hydrogen-bond donors (Lipinski definition) is 2. The topological polar surface area (TPSA) is 138 Å². The zero-order chi connectivity index (χ0) is 29.6. The van der Waals surface area contributed by atoms with Gasteiger partial charge in [-0.25, -0.2) is 9.59 Å². The predicted molar refractivity (Wildman–Crippen MR) is 152 cm³/mol. The van der Waals surface area contributed by atoms with Crippen molar-refractivity contribution in [1.29, 1.82) is 0 Å². The third-order valence-corrected chi connectivity index (χ3v) is 6.16. The predicted octanol–water partition coefficient (Wildman–Crippen LogP) is 5.10. The monoisotopic (exact) mass is 578 g/mol. The van der Waals surface area contributed by atoms with E-state index >= 15 is 0 Å². The van der Waals surface area contributed by atoms with E-state index in [-0.39, 0.29) is 43.1 Å². The lowest BCUT2D eigenvalue weighted by Gasteiger charge is -2.08. The summed E-state index contributed by atoms with van der Waals surface area (Å²) in [5.74, 6) is 0.301. The number of amides is 1. The first kappa shape index (κ1) is 30.2. The fraction of sp³-hybridized carbons (Fsp3) is 0.323. The second-order valence-electron chi connectivity index (χ2n) is 9.34. The molecule has 2 heterocycles. The Bertz CT molecular complexity index is 1410. The number of hydrogen-bond acceptors (Lipinski definition) is 10. The van der Waals surface area contributed by atoms with E-state index in [1.54, 1.807) is 24.3 Å². The molecule has 1 aromatic heterocycles. The van der Waals surface area contributed by atoms with Crippen molar-refractivity contribution in [3.63, 3.8) is 0 Å². The molecular formula is C31H34N2O9. The number of rotatable bonds is 16. The molecule has 0 radical (unpaired) electrons. The molecule has 2 N–H and O–H groups in total. The molecule has 1 aliphatic rings. The van der Waals surface area contributed by atoms with E-state index in [1.807, 2.05) is 36.4 Å². The quantitative estimate of drug-likeness (QED) is 0.174. The number of unbranched alkanes of at least 4 members (excludes halogenated alkanes) is 2. The van der Waals surface area contributed by atoms with Crippen LogP contribution < -0.4 is 16.5 Å². The second-order valence-corrected chi connectivity index (χ2v) is 9.34. The number of alkyl carbamates (subject to hydrolysis) is 1. The van der Waals surface area contributed by atoms with E-state index < -0.39 is 11.9 Å². The summed E-state index contributed by atoms with van der Waals surface area (Å²) in [6.45, 7) is 5.36. The molecule has 11 nitrogen and oxygen atoms in total. The summed E-state index contributed by atoms with van der Waals surface area (Å²) in [6, 6.07) is 18.4. The van der Waals surface area contributed by atoms with Crippen LogP contribution in [0.2, 0.25) is 0 Å². The maximum atomic E-state index is 12.1. The Labute approximate surface area is 243 Å². The van der Waals surface area contributed by atoms with Gasteiger partial charge in [0, 0.05) is 24.1 Å². The summed E-state index contributed by atoms with van der Waals surface area (Å²) >= 11 is 0. The van der Waals surface area contributed by atoms with Crippen molar-refractivity contribution >= 4 is 17.8 Å². The van der Waals surface area contributed by atoms with Gasteiger partial charge in [0.2, 0.25) is 0 Å². The third-order valence-electron chi connectivity index (χ3n) is 6.16. The van der Waals surface area contributed by atoms with Gasteiger partial charge in [-0.3, -0.25) is 4.79 Å². The van der Waals surface area contributed by atoms with Crippen molar-refractivity contribution in [1.82, 2.24) is 10.6 Å². The van der Waals surface area contributed by atoms with Crippen LogP contribution in [0.15, 0.2) is 92.6 Å². The van der Waals surface area contributed by atoms with Crippen LogP contribution >= 0.6 is 0 Å². The zero-order valence-electron chi connectivity index (χ0n) is 23.2. The Morgan fingerprint density at radius 3 is 2.21 bits per heavy atom. The maximum Gasteiger partial charge on any atom is 0.519 e. The van der Waals surface area contributed by atoms with Crippen molar-refractivity contribution < 1.29 is 37.4 Å². The number of benzene rings is 2. The molecule has 1 aliphatic heterocycles. The summed E-state index contributed by atoms with van der Waals surface area (Å²) in [5.41, 5.74) is 1.48. The minimum Gasteiger partial charge on any atom is -0.457 e. The van der Waals surface area contributed by atoms with Crippen molar-refractivity contribution in [2.45, 2.75) is 38.7 Å². The lowest BCUT2D eigenvalue weighted by molar-refractivity contribution is -0.143. The molecule has 0 bridgehead atoms. The van der Waals surface area contributed by atoms with E-state index in [0.717, 1.165) is 31.4 Å². The maximum absolute atomic E-state index is 12.1. The molecule has 42 heavy (non-hydrogen) atoms. The standard InChI is InChI=1S/C31H34N2O9/c1-22-39-25(28(40-22)23-12-5-2-6-13-23)20-37-27(34)16-11-18-32-17-9-4-10-19-33-30(35)38-21-26-29(42-31(36)41-26)24-14-7-3-8-15-24/h2-3,5-8,12-15,32H,1,4,9-11,16-21H2,(H,33,35). The molecule has 0 unspecified atom stereocenters. The van der Waals surface area contributed by atoms with E-state index in [9.17, 15) is 14.4 Å². The Kier molecular flexibility index (Phi) is 11.4. The van der Waals surface area contributed by atoms with Crippen LogP contribution in [0.4, 0.5) is 4.79 Å². The van der Waals surface area contributed by atoms with Gasteiger partial charge in [0.25, 0.3) is 5.95 Å². The Morgan fingerprint density at radius 2 is 1.45 bits per heavy atom. The molecule has 0 fully saturated rings. The van der Waals surface area contributed by atoms with Gasteiger partial charge in [-0.15, -0.1) is 0 Å². The number of carbonyl (C=O) groups is 2. The van der Waals surface area contributed by atoms with Crippen molar-refractivity contribution in [2.24, 2.45) is 0 Å². The van der Waals surface area contributed by atoms with Crippen LogP contribution in [0.5, 0.6) is 0 Å². The van der Waals surface area contributed by atoms with Gasteiger partial charge < -0.3 is 38.4 Å². The first-order valence-electron chi connectivity index (χ1n) is 13.8. The van der Waals surface area contributed by atoms with Crippen molar-refractivity contribution in [3.8, 4) is 11.3 Å². The molecular weight excluding hydrogens is 544 g/mol. The van der Waals surface area contributed by atoms with Gasteiger partial charge >= 0.3 is 17.9 Å². The van der Waals surface area contributed by atoms with Crippen molar-refractivity contribution in [3.05, 3.63) is 101 Å². The highest BCUT2D eigenvalue weighted by atomic mass is 16.7. The van der Waals surface area contributed by atoms with E-state index in [2.05, 4.69) is 17.2 Å². The molecule has 4 rings (SSSR count). The number of ether oxygens (including phenoxy) is 4. The van der Waals surface area contributed by atoms with E-state index in [0.29, 0.717) is 36.6 Å². The van der Waals surface area contributed by atoms with Gasteiger partial charge in [0.05, 0.1) is 0 Å². The summed E-state index contributed by atoms with van der Waals surface area (Å²) in [4.78, 5) is 35.7. The molecule has 1 amide bonds. The molecule has 0 aliphatic carbocycles. The SMILES string of the molecule is C=C1OC(COC(=O)CCCNCCCCCNC(=O)OCc2oc(=O)oc2-c2ccccc2)=C(c2ccccc2)O1. The minimum atomic E-state index is -0.853. The fourth-order valence-electron chi connectivity index (χ4n) is 4.12. The largest absolute Gasteiger partial charge is 0.519 e. The molecule has 3 aromatic rings. The Hall–Kier alpha value is -4.77. The summed E-state index contributed by atoms with van der Waals surface area (Å²) in [5, 5.41) is 5.98. The van der Waals surface area contributed by atoms with Crippen molar-refractivity contribution in [2.75, 3.05) is 26.2 Å². The Balaban J connectivity index is 1.00. The smallest absolute Gasteiger partial charge is 0.457 e. The van der Waals surface area contributed by atoms with Gasteiger partial charge in [-0.05, 0) is 38.9 Å². The summed E-state index contributed by atoms with van der Waals surface area (Å²) in [6.07, 6.45) is 2.91.